The third-order valence-electron chi connectivity index (χ3n) is 3.39. The van der Waals surface area contributed by atoms with Gasteiger partial charge in [0.25, 0.3) is 0 Å². The number of hydrogen-bond donors (Lipinski definition) is 1. The molecule has 0 bridgehead atoms. The van der Waals surface area contributed by atoms with E-state index in [9.17, 15) is 13.2 Å². The summed E-state index contributed by atoms with van der Waals surface area (Å²) in [4.78, 5) is 1.92. The minimum Gasteiger partial charge on any atom is -0.330 e. The van der Waals surface area contributed by atoms with Crippen molar-refractivity contribution in [3.05, 3.63) is 35.1 Å². The summed E-state index contributed by atoms with van der Waals surface area (Å²) < 4.78 is 39.6. The first-order valence-electron chi connectivity index (χ1n) is 5.58. The maximum atomic E-state index is 13.6. The molecule has 0 saturated carbocycles. The van der Waals surface area contributed by atoms with E-state index in [0.717, 1.165) is 12.6 Å². The van der Waals surface area contributed by atoms with Gasteiger partial charge in [-0.15, -0.1) is 0 Å². The van der Waals surface area contributed by atoms with E-state index in [1.807, 2.05) is 11.9 Å². The monoisotopic (exact) mass is 244 g/mol. The third-order valence-corrected chi connectivity index (χ3v) is 3.39. The topological polar surface area (TPSA) is 29.3 Å². The van der Waals surface area contributed by atoms with Gasteiger partial charge in [-0.2, -0.15) is 0 Å². The predicted molar refractivity (Wildman–Crippen MR) is 58.8 cm³/mol. The van der Waals surface area contributed by atoms with Gasteiger partial charge in [0.2, 0.25) is 0 Å². The fraction of sp³-hybridized carbons (Fsp3) is 0.500. The van der Waals surface area contributed by atoms with Crippen LogP contribution < -0.4 is 5.73 Å². The van der Waals surface area contributed by atoms with E-state index in [-0.39, 0.29) is 17.5 Å². The Morgan fingerprint density at radius 3 is 2.59 bits per heavy atom. The Kier molecular flexibility index (Phi) is 3.40. The first kappa shape index (κ1) is 12.4. The number of halogens is 3. The lowest BCUT2D eigenvalue weighted by Crippen LogP contribution is -2.21. The molecule has 2 nitrogen and oxygen atoms in total. The smallest absolute Gasteiger partial charge is 0.194 e. The first-order valence-corrected chi connectivity index (χ1v) is 5.58. The number of nitrogens with two attached hydrogens (primary N) is 1. The lowest BCUT2D eigenvalue weighted by Gasteiger charge is -2.20. The summed E-state index contributed by atoms with van der Waals surface area (Å²) in [6.07, 6.45) is 0.676. The van der Waals surface area contributed by atoms with Crippen molar-refractivity contribution in [3.8, 4) is 0 Å². The zero-order chi connectivity index (χ0) is 12.6. The van der Waals surface area contributed by atoms with Crippen molar-refractivity contribution in [2.45, 2.75) is 12.5 Å². The van der Waals surface area contributed by atoms with Crippen LogP contribution in [0.2, 0.25) is 0 Å². The number of benzene rings is 1. The van der Waals surface area contributed by atoms with E-state index in [4.69, 9.17) is 5.73 Å². The summed E-state index contributed by atoms with van der Waals surface area (Å²) in [5.41, 5.74) is 5.78. The van der Waals surface area contributed by atoms with Gasteiger partial charge in [0.1, 0.15) is 0 Å². The Balaban J connectivity index is 2.32. The van der Waals surface area contributed by atoms with E-state index in [1.54, 1.807) is 0 Å². The number of nitrogens with zero attached hydrogens (tertiary/aromatic N) is 1. The van der Waals surface area contributed by atoms with E-state index >= 15 is 0 Å². The molecule has 0 spiro atoms. The molecule has 5 heteroatoms. The highest BCUT2D eigenvalue weighted by Crippen LogP contribution is 2.35. The highest BCUT2D eigenvalue weighted by atomic mass is 19.2. The zero-order valence-electron chi connectivity index (χ0n) is 9.59. The molecule has 1 aromatic carbocycles. The van der Waals surface area contributed by atoms with Gasteiger partial charge in [-0.25, -0.2) is 13.2 Å². The van der Waals surface area contributed by atoms with Crippen molar-refractivity contribution < 1.29 is 13.2 Å². The summed E-state index contributed by atoms with van der Waals surface area (Å²) in [6, 6.07) is 2.06. The Morgan fingerprint density at radius 1 is 1.29 bits per heavy atom. The molecule has 2 atom stereocenters. The molecule has 2 N–H and O–H groups in total. The summed E-state index contributed by atoms with van der Waals surface area (Å²) >= 11 is 0. The molecule has 0 radical (unpaired) electrons. The number of rotatable bonds is 2. The van der Waals surface area contributed by atoms with Crippen molar-refractivity contribution in [3.63, 3.8) is 0 Å². The molecule has 2 unspecified atom stereocenters. The Hall–Kier alpha value is -1.07. The molecule has 1 saturated heterocycles. The summed E-state index contributed by atoms with van der Waals surface area (Å²) in [7, 11) is 1.83. The normalized spacial score (nSPS) is 25.5. The van der Waals surface area contributed by atoms with Crippen LogP contribution in [0.4, 0.5) is 13.2 Å². The van der Waals surface area contributed by atoms with Crippen LogP contribution in [0.3, 0.4) is 0 Å². The molecule has 0 aromatic heterocycles. The van der Waals surface area contributed by atoms with Gasteiger partial charge in [0, 0.05) is 18.2 Å². The summed E-state index contributed by atoms with van der Waals surface area (Å²) in [6.45, 7) is 1.27. The van der Waals surface area contributed by atoms with Crippen LogP contribution >= 0.6 is 0 Å². The van der Waals surface area contributed by atoms with Gasteiger partial charge in [-0.05, 0) is 32.0 Å². The highest BCUT2D eigenvalue weighted by molar-refractivity contribution is 5.24. The largest absolute Gasteiger partial charge is 0.330 e. The quantitative estimate of drug-likeness (QED) is 0.807. The van der Waals surface area contributed by atoms with Gasteiger partial charge in [0.15, 0.2) is 17.5 Å². The molecule has 1 aromatic rings. The van der Waals surface area contributed by atoms with E-state index in [2.05, 4.69) is 0 Å². The maximum absolute atomic E-state index is 13.6. The molecule has 1 heterocycles. The Morgan fingerprint density at radius 2 is 2.00 bits per heavy atom. The zero-order valence-corrected chi connectivity index (χ0v) is 9.59. The van der Waals surface area contributed by atoms with Crippen molar-refractivity contribution in [1.82, 2.24) is 4.90 Å². The lowest BCUT2D eigenvalue weighted by atomic mass is 9.99. The fourth-order valence-electron chi connectivity index (χ4n) is 2.44. The Labute approximate surface area is 98.2 Å². The van der Waals surface area contributed by atoms with E-state index in [1.165, 1.54) is 6.07 Å². The molecular formula is C12H15F3N2. The van der Waals surface area contributed by atoms with Crippen molar-refractivity contribution >= 4 is 0 Å². The molecule has 17 heavy (non-hydrogen) atoms. The molecule has 1 aliphatic heterocycles. The molecule has 94 valence electrons. The van der Waals surface area contributed by atoms with Gasteiger partial charge < -0.3 is 5.73 Å². The van der Waals surface area contributed by atoms with Crippen molar-refractivity contribution in [2.75, 3.05) is 20.1 Å². The summed E-state index contributed by atoms with van der Waals surface area (Å²) in [5.74, 6) is -3.36. The minimum atomic E-state index is -1.40. The van der Waals surface area contributed by atoms with Gasteiger partial charge in [0.05, 0.1) is 0 Å². The first-order chi connectivity index (χ1) is 8.04. The van der Waals surface area contributed by atoms with E-state index < -0.39 is 17.5 Å². The second-order valence-electron chi connectivity index (χ2n) is 4.56. The number of hydrogen-bond acceptors (Lipinski definition) is 2. The molecule has 0 amide bonds. The van der Waals surface area contributed by atoms with Gasteiger partial charge >= 0.3 is 0 Å². The van der Waals surface area contributed by atoms with Crippen LogP contribution in [0, 0.1) is 23.4 Å². The molecule has 1 aliphatic rings. The van der Waals surface area contributed by atoms with Crippen molar-refractivity contribution in [1.29, 1.82) is 0 Å². The maximum Gasteiger partial charge on any atom is 0.194 e. The minimum absolute atomic E-state index is 0.211. The number of likely N-dealkylation sites (tertiary alicyclic amines) is 1. The van der Waals surface area contributed by atoms with Crippen LogP contribution in [-0.2, 0) is 0 Å². The van der Waals surface area contributed by atoms with Crippen LogP contribution in [-0.4, -0.2) is 25.0 Å². The Bertz CT molecular complexity index is 422. The van der Waals surface area contributed by atoms with Crippen LogP contribution in [0.15, 0.2) is 12.1 Å². The third kappa shape index (κ3) is 2.17. The molecule has 2 rings (SSSR count). The van der Waals surface area contributed by atoms with Gasteiger partial charge in [-0.1, -0.05) is 6.07 Å². The standard InChI is InChI=1S/C12H15F3N2/c1-17-6-7(5-16)4-10(17)8-2-3-9(13)12(15)11(8)14/h2-3,7,10H,4-6,16H2,1H3. The van der Waals surface area contributed by atoms with Crippen molar-refractivity contribution in [2.24, 2.45) is 11.7 Å². The van der Waals surface area contributed by atoms with Crippen LogP contribution in [0.5, 0.6) is 0 Å². The van der Waals surface area contributed by atoms with Crippen LogP contribution in [0.25, 0.3) is 0 Å². The SMILES string of the molecule is CN1CC(CN)CC1c1ccc(F)c(F)c1F. The average Bonchev–Trinajstić information content (AvgIpc) is 2.68. The second kappa shape index (κ2) is 4.66. The summed E-state index contributed by atoms with van der Waals surface area (Å²) in [5, 5.41) is 0. The fourth-order valence-corrected chi connectivity index (χ4v) is 2.44. The highest BCUT2D eigenvalue weighted by Gasteiger charge is 2.32. The lowest BCUT2D eigenvalue weighted by molar-refractivity contribution is 0.302. The van der Waals surface area contributed by atoms with E-state index in [0.29, 0.717) is 13.0 Å². The average molecular weight is 244 g/mol. The molecule has 1 fully saturated rings. The molecule has 0 aliphatic carbocycles. The molecular weight excluding hydrogens is 229 g/mol. The van der Waals surface area contributed by atoms with Gasteiger partial charge in [-0.3, -0.25) is 4.90 Å². The second-order valence-corrected chi connectivity index (χ2v) is 4.56. The predicted octanol–water partition coefficient (Wildman–Crippen LogP) is 2.06. The van der Waals surface area contributed by atoms with Crippen LogP contribution in [0.1, 0.15) is 18.0 Å².